The summed E-state index contributed by atoms with van der Waals surface area (Å²) in [5, 5.41) is 0. The summed E-state index contributed by atoms with van der Waals surface area (Å²) in [4.78, 5) is 14.9. The second kappa shape index (κ2) is 16.9. The van der Waals surface area contributed by atoms with Gasteiger partial charge in [0.05, 0.1) is 0 Å². The van der Waals surface area contributed by atoms with Crippen LogP contribution in [-0.2, 0) is 9.53 Å². The third-order valence-corrected chi connectivity index (χ3v) is 5.26. The highest BCUT2D eigenvalue weighted by Crippen LogP contribution is 2.19. The standard InChI is InChI=1S/C22H45NO2/c1-6-11-14-20(9-4)17-23(18-21(10-5)15-12-7-2)22(24)19-25-16-13-8-3/h20-21H,6-19H2,1-5H3. The zero-order valence-electron chi connectivity index (χ0n) is 17.8. The molecule has 150 valence electrons. The molecule has 25 heavy (non-hydrogen) atoms. The van der Waals surface area contributed by atoms with Gasteiger partial charge in [0.2, 0.25) is 5.91 Å². The third-order valence-electron chi connectivity index (χ3n) is 5.26. The Hall–Kier alpha value is -0.570. The SMILES string of the molecule is CCCCOCC(=O)N(CC(CC)CCCC)CC(CC)CCCC. The first-order valence-corrected chi connectivity index (χ1v) is 11.0. The summed E-state index contributed by atoms with van der Waals surface area (Å²) in [7, 11) is 0. The molecule has 3 heteroatoms. The first-order valence-electron chi connectivity index (χ1n) is 11.0. The average molecular weight is 356 g/mol. The van der Waals surface area contributed by atoms with Crippen molar-refractivity contribution in [2.24, 2.45) is 11.8 Å². The Morgan fingerprint density at radius 1 is 0.800 bits per heavy atom. The van der Waals surface area contributed by atoms with Crippen LogP contribution in [0.15, 0.2) is 0 Å². The van der Waals surface area contributed by atoms with Crippen LogP contribution in [0.25, 0.3) is 0 Å². The van der Waals surface area contributed by atoms with Crippen LogP contribution in [0.4, 0.5) is 0 Å². The Morgan fingerprint density at radius 2 is 1.28 bits per heavy atom. The summed E-state index contributed by atoms with van der Waals surface area (Å²) >= 11 is 0. The van der Waals surface area contributed by atoms with Crippen LogP contribution < -0.4 is 0 Å². The Morgan fingerprint density at radius 3 is 1.68 bits per heavy atom. The normalized spacial score (nSPS) is 13.6. The molecule has 0 aromatic carbocycles. The minimum Gasteiger partial charge on any atom is -0.372 e. The first kappa shape index (κ1) is 24.4. The van der Waals surface area contributed by atoms with Crippen molar-refractivity contribution in [3.05, 3.63) is 0 Å². The van der Waals surface area contributed by atoms with Crippen molar-refractivity contribution in [3.63, 3.8) is 0 Å². The number of hydrogen-bond donors (Lipinski definition) is 0. The highest BCUT2D eigenvalue weighted by molar-refractivity contribution is 5.77. The molecule has 0 heterocycles. The number of hydrogen-bond acceptors (Lipinski definition) is 2. The molecule has 0 aliphatic heterocycles. The molecule has 0 aromatic heterocycles. The van der Waals surface area contributed by atoms with E-state index in [1.54, 1.807) is 0 Å². The lowest BCUT2D eigenvalue weighted by Gasteiger charge is -2.30. The monoisotopic (exact) mass is 355 g/mol. The van der Waals surface area contributed by atoms with Crippen molar-refractivity contribution in [3.8, 4) is 0 Å². The van der Waals surface area contributed by atoms with Gasteiger partial charge in [0.1, 0.15) is 6.61 Å². The second-order valence-electron chi connectivity index (χ2n) is 7.54. The number of carbonyl (C=O) groups excluding carboxylic acids is 1. The lowest BCUT2D eigenvalue weighted by atomic mass is 9.95. The van der Waals surface area contributed by atoms with Gasteiger partial charge in [-0.2, -0.15) is 0 Å². The van der Waals surface area contributed by atoms with Crippen LogP contribution in [0.3, 0.4) is 0 Å². The maximum Gasteiger partial charge on any atom is 0.248 e. The fourth-order valence-electron chi connectivity index (χ4n) is 3.23. The zero-order valence-corrected chi connectivity index (χ0v) is 17.8. The van der Waals surface area contributed by atoms with Gasteiger partial charge in [-0.05, 0) is 31.1 Å². The van der Waals surface area contributed by atoms with E-state index in [0.29, 0.717) is 18.4 Å². The number of nitrogens with zero attached hydrogens (tertiary/aromatic N) is 1. The van der Waals surface area contributed by atoms with Crippen molar-refractivity contribution in [2.45, 2.75) is 98.8 Å². The quantitative estimate of drug-likeness (QED) is 0.297. The molecule has 0 radical (unpaired) electrons. The van der Waals surface area contributed by atoms with Crippen LogP contribution in [0.1, 0.15) is 98.8 Å². The van der Waals surface area contributed by atoms with E-state index in [4.69, 9.17) is 4.74 Å². The minimum atomic E-state index is 0.195. The topological polar surface area (TPSA) is 29.5 Å². The van der Waals surface area contributed by atoms with Crippen LogP contribution in [0, 0.1) is 11.8 Å². The molecule has 3 nitrogen and oxygen atoms in total. The summed E-state index contributed by atoms with van der Waals surface area (Å²) < 4.78 is 5.62. The van der Waals surface area contributed by atoms with Crippen molar-refractivity contribution < 1.29 is 9.53 Å². The Balaban J connectivity index is 4.73. The highest BCUT2D eigenvalue weighted by atomic mass is 16.5. The van der Waals surface area contributed by atoms with E-state index in [0.717, 1.165) is 38.8 Å². The maximum atomic E-state index is 12.8. The van der Waals surface area contributed by atoms with Gasteiger partial charge in [-0.25, -0.2) is 0 Å². The first-order chi connectivity index (χ1) is 12.1. The summed E-state index contributed by atoms with van der Waals surface area (Å²) in [6.45, 7) is 13.9. The van der Waals surface area contributed by atoms with Crippen molar-refractivity contribution in [2.75, 3.05) is 26.3 Å². The minimum absolute atomic E-state index is 0.195. The lowest BCUT2D eigenvalue weighted by Crippen LogP contribution is -2.41. The fourth-order valence-corrected chi connectivity index (χ4v) is 3.23. The van der Waals surface area contributed by atoms with Crippen LogP contribution in [0.2, 0.25) is 0 Å². The summed E-state index contributed by atoms with van der Waals surface area (Å²) in [6, 6.07) is 0. The largest absolute Gasteiger partial charge is 0.372 e. The van der Waals surface area contributed by atoms with Crippen molar-refractivity contribution in [1.29, 1.82) is 0 Å². The van der Waals surface area contributed by atoms with Gasteiger partial charge in [0.25, 0.3) is 0 Å². The van der Waals surface area contributed by atoms with E-state index in [9.17, 15) is 4.79 Å². The molecule has 0 saturated heterocycles. The molecule has 0 aromatic rings. The molecule has 0 N–H and O–H groups in total. The number of unbranched alkanes of at least 4 members (excludes halogenated alkanes) is 3. The van der Waals surface area contributed by atoms with E-state index in [1.165, 1.54) is 38.5 Å². The zero-order chi connectivity index (χ0) is 18.9. The molecule has 2 atom stereocenters. The van der Waals surface area contributed by atoms with Crippen LogP contribution in [-0.4, -0.2) is 37.1 Å². The average Bonchev–Trinajstić information content (AvgIpc) is 2.63. The smallest absolute Gasteiger partial charge is 0.248 e. The second-order valence-corrected chi connectivity index (χ2v) is 7.54. The van der Waals surface area contributed by atoms with Crippen molar-refractivity contribution >= 4 is 5.91 Å². The molecule has 0 aliphatic carbocycles. The number of amides is 1. The van der Waals surface area contributed by atoms with Crippen molar-refractivity contribution in [1.82, 2.24) is 4.90 Å². The molecule has 0 saturated carbocycles. The van der Waals surface area contributed by atoms with E-state index in [1.807, 2.05) is 0 Å². The molecule has 0 rings (SSSR count). The molecular formula is C22H45NO2. The molecule has 0 fully saturated rings. The van der Waals surface area contributed by atoms with Gasteiger partial charge in [-0.3, -0.25) is 4.79 Å². The molecule has 0 aliphatic rings. The van der Waals surface area contributed by atoms with E-state index >= 15 is 0 Å². The van der Waals surface area contributed by atoms with Gasteiger partial charge in [0, 0.05) is 19.7 Å². The number of rotatable bonds is 17. The fraction of sp³-hybridized carbons (Fsp3) is 0.955. The van der Waals surface area contributed by atoms with Gasteiger partial charge >= 0.3 is 0 Å². The summed E-state index contributed by atoms with van der Waals surface area (Å²) in [6.07, 6.45) is 11.9. The van der Waals surface area contributed by atoms with Crippen LogP contribution in [0.5, 0.6) is 0 Å². The molecule has 1 amide bonds. The highest BCUT2D eigenvalue weighted by Gasteiger charge is 2.21. The van der Waals surface area contributed by atoms with Gasteiger partial charge in [-0.15, -0.1) is 0 Å². The van der Waals surface area contributed by atoms with Gasteiger partial charge in [-0.1, -0.05) is 79.6 Å². The van der Waals surface area contributed by atoms with E-state index in [2.05, 4.69) is 39.5 Å². The Labute approximate surface area is 157 Å². The molecule has 0 bridgehead atoms. The summed E-state index contributed by atoms with van der Waals surface area (Å²) in [5.74, 6) is 1.45. The molecule has 2 unspecified atom stereocenters. The van der Waals surface area contributed by atoms with Crippen LogP contribution >= 0.6 is 0 Å². The Bertz CT molecular complexity index is 288. The van der Waals surface area contributed by atoms with E-state index in [-0.39, 0.29) is 12.5 Å². The molecular weight excluding hydrogens is 310 g/mol. The number of ether oxygens (including phenoxy) is 1. The third kappa shape index (κ3) is 12.4. The van der Waals surface area contributed by atoms with E-state index < -0.39 is 0 Å². The maximum absolute atomic E-state index is 12.8. The Kier molecular flexibility index (Phi) is 16.5. The molecule has 0 spiro atoms. The predicted octanol–water partition coefficient (Wildman–Crippen LogP) is 6.06. The van der Waals surface area contributed by atoms with Gasteiger partial charge < -0.3 is 9.64 Å². The lowest BCUT2D eigenvalue weighted by molar-refractivity contribution is -0.137. The van der Waals surface area contributed by atoms with Gasteiger partial charge in [0.15, 0.2) is 0 Å². The summed E-state index contributed by atoms with van der Waals surface area (Å²) in [5.41, 5.74) is 0. The predicted molar refractivity (Wildman–Crippen MR) is 109 cm³/mol. The number of carbonyl (C=O) groups is 1.